The van der Waals surface area contributed by atoms with Crippen LogP contribution < -0.4 is 21.1 Å². The van der Waals surface area contributed by atoms with Gasteiger partial charge in [-0.1, -0.05) is 25.6 Å². The van der Waals surface area contributed by atoms with E-state index in [4.69, 9.17) is 10.5 Å². The van der Waals surface area contributed by atoms with Crippen molar-refractivity contribution in [3.8, 4) is 5.75 Å². The first-order chi connectivity index (χ1) is 20.2. The van der Waals surface area contributed by atoms with Gasteiger partial charge in [-0.3, -0.25) is 14.4 Å². The second-order valence-electron chi connectivity index (χ2n) is 11.0. The van der Waals surface area contributed by atoms with Crippen molar-refractivity contribution in [3.05, 3.63) is 83.3 Å². The molecule has 1 atom stereocenters. The molecule has 0 aliphatic rings. The van der Waals surface area contributed by atoms with E-state index in [1.165, 1.54) is 20.5 Å². The predicted octanol–water partition coefficient (Wildman–Crippen LogP) is 7.27. The minimum absolute atomic E-state index is 0.160. The standard InChI is InChI=1S/C33H46FN4O4P/c1-8-13-31(38-32(39)22-30(35)33(4,5)34)37-26-16-12-14-24(19-26)18-23(3)27-20-25(15-10-11-17-43(7,40)41)29(42-6)21-28(27)36-9-2/h9,12-14,16,19-22,37H,3,8,10-11,15,17-18,35H2,1-2,4-7H3,(H,38,39)(H,40,41)/b30-22?,31-13-,36-9?. The number of hydrogen-bond donors (Lipinski definition) is 4. The fourth-order valence-electron chi connectivity index (χ4n) is 4.32. The van der Waals surface area contributed by atoms with Crippen molar-refractivity contribution in [2.45, 2.75) is 65.5 Å². The number of halogens is 1. The van der Waals surface area contributed by atoms with Crippen molar-refractivity contribution in [1.29, 1.82) is 0 Å². The van der Waals surface area contributed by atoms with Crippen LogP contribution in [0.5, 0.6) is 5.75 Å². The van der Waals surface area contributed by atoms with Gasteiger partial charge in [-0.25, -0.2) is 4.39 Å². The van der Waals surface area contributed by atoms with Crippen LogP contribution in [0.3, 0.4) is 0 Å². The molecule has 1 amide bonds. The van der Waals surface area contributed by atoms with E-state index in [1.807, 2.05) is 56.3 Å². The molecule has 0 heterocycles. The summed E-state index contributed by atoms with van der Waals surface area (Å²) in [6.07, 6.45) is 8.18. The molecular weight excluding hydrogens is 566 g/mol. The fraction of sp³-hybridized carbons (Fsp3) is 0.394. The topological polar surface area (TPSA) is 126 Å². The van der Waals surface area contributed by atoms with Crippen LogP contribution in [-0.2, 0) is 22.2 Å². The Morgan fingerprint density at radius 2 is 1.98 bits per heavy atom. The summed E-state index contributed by atoms with van der Waals surface area (Å²) in [5, 5.41) is 5.97. The number of aliphatic imine (C=N–C) groups is 1. The van der Waals surface area contributed by atoms with E-state index in [0.29, 0.717) is 31.5 Å². The monoisotopic (exact) mass is 612 g/mol. The highest BCUT2D eigenvalue weighted by molar-refractivity contribution is 7.57. The number of amides is 1. The molecule has 234 valence electrons. The molecule has 5 N–H and O–H groups in total. The number of anilines is 1. The molecule has 0 saturated heterocycles. The van der Waals surface area contributed by atoms with Crippen LogP contribution >= 0.6 is 7.37 Å². The molecular formula is C33H46FN4O4P. The van der Waals surface area contributed by atoms with E-state index in [0.717, 1.165) is 51.9 Å². The number of nitrogens with two attached hydrogens (primary N) is 1. The molecule has 0 aromatic heterocycles. The fourth-order valence-corrected chi connectivity index (χ4v) is 5.13. The molecule has 2 rings (SSSR count). The van der Waals surface area contributed by atoms with Gasteiger partial charge in [0, 0.05) is 42.4 Å². The predicted molar refractivity (Wildman–Crippen MR) is 177 cm³/mol. The van der Waals surface area contributed by atoms with Crippen LogP contribution in [0, 0.1) is 0 Å². The van der Waals surface area contributed by atoms with E-state index in [1.54, 1.807) is 13.3 Å². The van der Waals surface area contributed by atoms with Crippen LogP contribution in [0.4, 0.5) is 15.8 Å². The van der Waals surface area contributed by atoms with Crippen LogP contribution in [0.25, 0.3) is 5.57 Å². The number of benzene rings is 2. The Kier molecular flexibility index (Phi) is 13.4. The number of rotatable bonds is 16. The molecule has 43 heavy (non-hydrogen) atoms. The van der Waals surface area contributed by atoms with Crippen LogP contribution in [0.15, 0.2) is 71.6 Å². The van der Waals surface area contributed by atoms with E-state index in [-0.39, 0.29) is 11.9 Å². The molecule has 8 nitrogen and oxygen atoms in total. The van der Waals surface area contributed by atoms with Gasteiger partial charge in [0.25, 0.3) is 5.91 Å². The molecule has 2 aromatic rings. The molecule has 0 spiro atoms. The lowest BCUT2D eigenvalue weighted by Gasteiger charge is -2.17. The number of carbonyl (C=O) groups is 1. The zero-order valence-corrected chi connectivity index (χ0v) is 27.1. The molecule has 0 bridgehead atoms. The van der Waals surface area contributed by atoms with Crippen molar-refractivity contribution in [2.75, 3.05) is 25.3 Å². The molecule has 0 fully saturated rings. The van der Waals surface area contributed by atoms with E-state index < -0.39 is 18.9 Å². The number of hydrogen-bond acceptors (Lipinski definition) is 6. The van der Waals surface area contributed by atoms with Gasteiger partial charge in [0.15, 0.2) is 7.37 Å². The summed E-state index contributed by atoms with van der Waals surface area (Å²) in [4.78, 5) is 26.6. The summed E-state index contributed by atoms with van der Waals surface area (Å²) in [7, 11) is -1.42. The number of ether oxygens (including phenoxy) is 1. The number of alkyl halides is 1. The Bertz CT molecular complexity index is 1420. The molecule has 0 aliphatic heterocycles. The van der Waals surface area contributed by atoms with Gasteiger partial charge in [-0.05, 0) is 93.9 Å². The van der Waals surface area contributed by atoms with Crippen LogP contribution in [-0.4, -0.2) is 42.6 Å². The minimum atomic E-state index is -3.04. The quantitative estimate of drug-likeness (QED) is 0.0684. The van der Waals surface area contributed by atoms with Gasteiger partial charge in [-0.2, -0.15) is 0 Å². The van der Waals surface area contributed by atoms with Gasteiger partial charge in [0.05, 0.1) is 18.5 Å². The summed E-state index contributed by atoms with van der Waals surface area (Å²) in [6, 6.07) is 11.7. The SMILES string of the molecule is C=C(Cc1cccc(N/C(=C/CC)NC(=O)C=C(N)C(C)(C)F)c1)c1cc(CCCCP(C)(=O)O)c(OC)cc1N=CC. The van der Waals surface area contributed by atoms with E-state index >= 15 is 0 Å². The number of carbonyl (C=O) groups excluding carboxylic acids is 1. The Morgan fingerprint density at radius 1 is 1.26 bits per heavy atom. The molecule has 0 radical (unpaired) electrons. The Labute approximate surface area is 255 Å². The number of nitrogens with zero attached hydrogens (tertiary/aromatic N) is 1. The molecule has 0 aliphatic carbocycles. The summed E-state index contributed by atoms with van der Waals surface area (Å²) < 4.78 is 31.4. The summed E-state index contributed by atoms with van der Waals surface area (Å²) in [6.45, 7) is 12.1. The number of aryl methyl sites for hydroxylation is 1. The summed E-state index contributed by atoms with van der Waals surface area (Å²) >= 11 is 0. The highest BCUT2D eigenvalue weighted by Crippen LogP contribution is 2.38. The highest BCUT2D eigenvalue weighted by Gasteiger charge is 2.20. The van der Waals surface area contributed by atoms with Crippen LogP contribution in [0.1, 0.15) is 63.6 Å². The Balaban J connectivity index is 2.26. The third-order valence-electron chi connectivity index (χ3n) is 6.58. The lowest BCUT2D eigenvalue weighted by Crippen LogP contribution is -2.29. The average molecular weight is 613 g/mol. The second-order valence-corrected chi connectivity index (χ2v) is 13.5. The largest absolute Gasteiger partial charge is 0.496 e. The summed E-state index contributed by atoms with van der Waals surface area (Å²) in [5.41, 5.74) is 8.99. The molecule has 0 saturated carbocycles. The summed E-state index contributed by atoms with van der Waals surface area (Å²) in [5.74, 6) is 0.652. The Hall–Kier alpha value is -3.68. The normalized spacial score (nSPS) is 14.0. The van der Waals surface area contributed by atoms with Crippen molar-refractivity contribution in [1.82, 2.24) is 5.32 Å². The van der Waals surface area contributed by atoms with Crippen LogP contribution in [0.2, 0.25) is 0 Å². The smallest absolute Gasteiger partial charge is 0.251 e. The molecule has 2 aromatic carbocycles. The van der Waals surface area contributed by atoms with E-state index in [9.17, 15) is 18.6 Å². The van der Waals surface area contributed by atoms with Gasteiger partial charge in [0.1, 0.15) is 17.2 Å². The third kappa shape index (κ3) is 12.2. The third-order valence-corrected chi connectivity index (χ3v) is 7.73. The molecule has 10 heteroatoms. The second kappa shape index (κ2) is 16.2. The lowest BCUT2D eigenvalue weighted by molar-refractivity contribution is -0.115. The van der Waals surface area contributed by atoms with Gasteiger partial charge < -0.3 is 26.0 Å². The van der Waals surface area contributed by atoms with Crippen molar-refractivity contribution in [2.24, 2.45) is 10.7 Å². The number of nitrogens with one attached hydrogen (secondary N) is 2. The molecule has 1 unspecified atom stereocenters. The maximum absolute atomic E-state index is 14.0. The average Bonchev–Trinajstić information content (AvgIpc) is 2.90. The van der Waals surface area contributed by atoms with E-state index in [2.05, 4.69) is 22.2 Å². The number of methoxy groups -OCH3 is 1. The maximum atomic E-state index is 14.0. The van der Waals surface area contributed by atoms with Crippen molar-refractivity contribution in [3.63, 3.8) is 0 Å². The van der Waals surface area contributed by atoms with Crippen molar-refractivity contribution >= 4 is 36.4 Å². The first-order valence-electron chi connectivity index (χ1n) is 14.4. The zero-order chi connectivity index (χ0) is 32.2. The first kappa shape index (κ1) is 35.5. The van der Waals surface area contributed by atoms with Gasteiger partial charge in [0.2, 0.25) is 0 Å². The minimum Gasteiger partial charge on any atom is -0.496 e. The zero-order valence-electron chi connectivity index (χ0n) is 26.2. The van der Waals surface area contributed by atoms with Gasteiger partial charge >= 0.3 is 0 Å². The number of allylic oxidation sites excluding steroid dienone is 3. The van der Waals surface area contributed by atoms with Gasteiger partial charge in [-0.15, -0.1) is 0 Å². The Morgan fingerprint density at radius 3 is 2.58 bits per heavy atom. The van der Waals surface area contributed by atoms with Crippen molar-refractivity contribution < 1.29 is 23.4 Å². The number of unbranched alkanes of at least 4 members (excludes halogenated alkanes) is 1. The highest BCUT2D eigenvalue weighted by atomic mass is 31.2. The maximum Gasteiger partial charge on any atom is 0.251 e. The lowest BCUT2D eigenvalue weighted by atomic mass is 9.94. The first-order valence-corrected chi connectivity index (χ1v) is 16.7.